The number of likely N-dealkylation sites (tertiary alicyclic amines) is 1. The third kappa shape index (κ3) is 3.53. The van der Waals surface area contributed by atoms with Crippen molar-refractivity contribution in [2.75, 3.05) is 25.4 Å². The van der Waals surface area contributed by atoms with Crippen LogP contribution in [-0.4, -0.2) is 44.3 Å². The van der Waals surface area contributed by atoms with Gasteiger partial charge in [-0.3, -0.25) is 0 Å². The molecule has 1 atom stereocenters. The lowest BCUT2D eigenvalue weighted by atomic mass is 10.1. The highest BCUT2D eigenvalue weighted by Gasteiger charge is 2.25. The Hall–Kier alpha value is -3.78. The minimum absolute atomic E-state index is 0.0429. The van der Waals surface area contributed by atoms with Crippen molar-refractivity contribution in [3.05, 3.63) is 42.4 Å². The van der Waals surface area contributed by atoms with Gasteiger partial charge >= 0.3 is 0 Å². The van der Waals surface area contributed by atoms with Crippen molar-refractivity contribution in [1.29, 1.82) is 5.26 Å². The van der Waals surface area contributed by atoms with Gasteiger partial charge < -0.3 is 15.4 Å². The molecule has 1 saturated heterocycles. The molecule has 0 unspecified atom stereocenters. The number of piperidine rings is 1. The van der Waals surface area contributed by atoms with Crippen LogP contribution in [0.3, 0.4) is 0 Å². The molecule has 0 saturated carbocycles. The van der Waals surface area contributed by atoms with Crippen LogP contribution in [0, 0.1) is 23.3 Å². The van der Waals surface area contributed by atoms with Gasteiger partial charge in [-0.25, -0.2) is 14.6 Å². The van der Waals surface area contributed by atoms with Gasteiger partial charge in [0.05, 0.1) is 18.0 Å². The number of para-hydroxylation sites is 1. The van der Waals surface area contributed by atoms with Crippen molar-refractivity contribution < 1.29 is 4.74 Å². The van der Waals surface area contributed by atoms with E-state index in [2.05, 4.69) is 33.1 Å². The minimum Gasteiger partial charge on any atom is -0.481 e. The Kier molecular flexibility index (Phi) is 4.94. The Labute approximate surface area is 162 Å². The molecule has 3 aromatic rings. The zero-order valence-electron chi connectivity index (χ0n) is 15.2. The summed E-state index contributed by atoms with van der Waals surface area (Å²) in [6, 6.07) is 9.54. The van der Waals surface area contributed by atoms with Crippen LogP contribution in [0.15, 0.2) is 36.7 Å². The molecule has 1 fully saturated rings. The summed E-state index contributed by atoms with van der Waals surface area (Å²) in [5.41, 5.74) is 7.25. The van der Waals surface area contributed by atoms with Gasteiger partial charge in [0.2, 0.25) is 0 Å². The Bertz CT molecular complexity index is 1070. The van der Waals surface area contributed by atoms with E-state index < -0.39 is 0 Å². The molecule has 8 nitrogen and oxygen atoms in total. The summed E-state index contributed by atoms with van der Waals surface area (Å²) in [5.74, 6) is 7.12. The predicted octanol–water partition coefficient (Wildman–Crippen LogP) is 1.96. The van der Waals surface area contributed by atoms with Crippen molar-refractivity contribution in [3.63, 3.8) is 0 Å². The van der Waals surface area contributed by atoms with Crippen LogP contribution in [0.5, 0.6) is 5.75 Å². The van der Waals surface area contributed by atoms with E-state index in [0.29, 0.717) is 29.1 Å². The third-order valence-electron chi connectivity index (χ3n) is 4.66. The standard InChI is InChI=1S/C20H19N7O/c21-13-26-10-4-6-15(12-26)27-20-18(19(22)23-14-24-20)17(25-27)9-5-11-28-16-7-2-1-3-8-16/h1-3,7-8,14-15H,4,6,10-12H2,(H2,22,23,24)/t15-/m1/s1. The van der Waals surface area contributed by atoms with Crippen molar-refractivity contribution >= 4 is 16.9 Å². The summed E-state index contributed by atoms with van der Waals surface area (Å²) in [6.07, 6.45) is 5.49. The number of nitrogens with two attached hydrogens (primary N) is 1. The molecule has 0 aliphatic carbocycles. The van der Waals surface area contributed by atoms with E-state index in [9.17, 15) is 5.26 Å². The molecule has 8 heteroatoms. The largest absolute Gasteiger partial charge is 0.481 e. The van der Waals surface area contributed by atoms with Gasteiger partial charge in [-0.2, -0.15) is 10.4 Å². The number of anilines is 1. The topological polar surface area (TPSA) is 106 Å². The van der Waals surface area contributed by atoms with Gasteiger partial charge in [-0.05, 0) is 30.9 Å². The highest BCUT2D eigenvalue weighted by molar-refractivity contribution is 5.90. The first kappa shape index (κ1) is 17.6. The van der Waals surface area contributed by atoms with Gasteiger partial charge in [0.25, 0.3) is 0 Å². The average Bonchev–Trinajstić information content (AvgIpc) is 3.12. The Morgan fingerprint density at radius 3 is 2.93 bits per heavy atom. The van der Waals surface area contributed by atoms with Gasteiger partial charge in [0.15, 0.2) is 11.8 Å². The van der Waals surface area contributed by atoms with Gasteiger partial charge in [0, 0.05) is 6.54 Å². The number of benzene rings is 1. The highest BCUT2D eigenvalue weighted by Crippen LogP contribution is 2.27. The number of ether oxygens (including phenoxy) is 1. The van der Waals surface area contributed by atoms with E-state index in [-0.39, 0.29) is 12.6 Å². The lowest BCUT2D eigenvalue weighted by molar-refractivity contribution is 0.236. The van der Waals surface area contributed by atoms with Crippen LogP contribution < -0.4 is 10.5 Å². The first-order valence-electron chi connectivity index (χ1n) is 9.06. The van der Waals surface area contributed by atoms with Crippen LogP contribution in [0.4, 0.5) is 5.82 Å². The summed E-state index contributed by atoms with van der Waals surface area (Å²) in [6.45, 7) is 1.60. The SMILES string of the molecule is N#CN1CCC[C@@H](n2nc(C#CCOc3ccccc3)c3c(N)ncnc32)C1. The maximum atomic E-state index is 9.22. The minimum atomic E-state index is 0.0429. The lowest BCUT2D eigenvalue weighted by Crippen LogP contribution is -2.33. The smallest absolute Gasteiger partial charge is 0.179 e. The summed E-state index contributed by atoms with van der Waals surface area (Å²) in [7, 11) is 0. The highest BCUT2D eigenvalue weighted by atomic mass is 16.5. The number of nitriles is 1. The maximum absolute atomic E-state index is 9.22. The molecule has 1 aliphatic heterocycles. The van der Waals surface area contributed by atoms with Crippen LogP contribution in [0.2, 0.25) is 0 Å². The van der Waals surface area contributed by atoms with E-state index in [4.69, 9.17) is 10.5 Å². The Balaban J connectivity index is 1.62. The number of aromatic nitrogens is 4. The van der Waals surface area contributed by atoms with Gasteiger partial charge in [-0.1, -0.05) is 24.1 Å². The number of rotatable bonds is 3. The van der Waals surface area contributed by atoms with Crippen molar-refractivity contribution in [2.45, 2.75) is 18.9 Å². The fraction of sp³-hybridized carbons (Fsp3) is 0.300. The molecule has 140 valence electrons. The van der Waals surface area contributed by atoms with E-state index in [1.807, 2.05) is 35.0 Å². The molecule has 4 rings (SSSR count). The summed E-state index contributed by atoms with van der Waals surface area (Å²) >= 11 is 0. The zero-order valence-corrected chi connectivity index (χ0v) is 15.2. The van der Waals surface area contributed by atoms with Crippen molar-refractivity contribution in [3.8, 4) is 23.8 Å². The summed E-state index contributed by atoms with van der Waals surface area (Å²) in [5, 5.41) is 14.5. The predicted molar refractivity (Wildman–Crippen MR) is 104 cm³/mol. The maximum Gasteiger partial charge on any atom is 0.179 e. The Morgan fingerprint density at radius 2 is 2.11 bits per heavy atom. The van der Waals surface area contributed by atoms with Gasteiger partial charge in [0.1, 0.15) is 30.2 Å². The molecule has 1 aliphatic rings. The number of nitrogen functional groups attached to an aromatic ring is 1. The molecule has 0 spiro atoms. The van der Waals surface area contributed by atoms with Gasteiger partial charge in [-0.15, -0.1) is 0 Å². The molecule has 2 aromatic heterocycles. The molecule has 0 radical (unpaired) electrons. The molecule has 0 amide bonds. The second-order valence-electron chi connectivity index (χ2n) is 6.50. The molecular weight excluding hydrogens is 354 g/mol. The molecule has 0 bridgehead atoms. The fourth-order valence-electron chi connectivity index (χ4n) is 3.34. The van der Waals surface area contributed by atoms with E-state index in [1.165, 1.54) is 6.33 Å². The lowest BCUT2D eigenvalue weighted by Gasteiger charge is -2.28. The monoisotopic (exact) mass is 373 g/mol. The van der Waals surface area contributed by atoms with Crippen LogP contribution in [0.25, 0.3) is 11.0 Å². The second kappa shape index (κ2) is 7.85. The zero-order chi connectivity index (χ0) is 19.3. The molecule has 2 N–H and O–H groups in total. The van der Waals surface area contributed by atoms with Crippen LogP contribution in [0.1, 0.15) is 24.6 Å². The van der Waals surface area contributed by atoms with E-state index in [0.717, 1.165) is 25.1 Å². The molecule has 1 aromatic carbocycles. The van der Waals surface area contributed by atoms with E-state index in [1.54, 1.807) is 4.90 Å². The summed E-state index contributed by atoms with van der Waals surface area (Å²) in [4.78, 5) is 10.2. The van der Waals surface area contributed by atoms with E-state index >= 15 is 0 Å². The number of hydrogen-bond acceptors (Lipinski definition) is 7. The first-order valence-corrected chi connectivity index (χ1v) is 9.06. The average molecular weight is 373 g/mol. The molecular formula is C20H19N7O. The number of hydrogen-bond donors (Lipinski definition) is 1. The normalized spacial score (nSPS) is 16.2. The van der Waals surface area contributed by atoms with Crippen molar-refractivity contribution in [1.82, 2.24) is 24.6 Å². The Morgan fingerprint density at radius 1 is 1.25 bits per heavy atom. The quantitative estimate of drug-likeness (QED) is 0.552. The fourth-order valence-corrected chi connectivity index (χ4v) is 3.34. The first-order chi connectivity index (χ1) is 13.8. The summed E-state index contributed by atoms with van der Waals surface area (Å²) < 4.78 is 7.44. The third-order valence-corrected chi connectivity index (χ3v) is 4.66. The molecule has 28 heavy (non-hydrogen) atoms. The second-order valence-corrected chi connectivity index (χ2v) is 6.50. The van der Waals surface area contributed by atoms with Crippen LogP contribution in [-0.2, 0) is 0 Å². The van der Waals surface area contributed by atoms with Crippen LogP contribution >= 0.6 is 0 Å². The number of fused-ring (bicyclic) bond motifs is 1. The number of nitrogens with zero attached hydrogens (tertiary/aromatic N) is 6. The molecule has 3 heterocycles. The van der Waals surface area contributed by atoms with Crippen molar-refractivity contribution in [2.24, 2.45) is 0 Å².